The predicted octanol–water partition coefficient (Wildman–Crippen LogP) is 3.01. The summed E-state index contributed by atoms with van der Waals surface area (Å²) in [6.07, 6.45) is 2.02. The lowest BCUT2D eigenvalue weighted by atomic mass is 10.1. The number of ether oxygens (including phenoxy) is 1. The van der Waals surface area contributed by atoms with Crippen LogP contribution in [0.4, 0.5) is 0 Å². The first-order valence-corrected chi connectivity index (χ1v) is 8.34. The van der Waals surface area contributed by atoms with Gasteiger partial charge >= 0.3 is 0 Å². The number of nitrogens with one attached hydrogen (secondary N) is 2. The van der Waals surface area contributed by atoms with E-state index in [1.807, 2.05) is 42.5 Å². The fraction of sp³-hybridized carbons (Fsp3) is 0.250. The van der Waals surface area contributed by atoms with Gasteiger partial charge in [-0.25, -0.2) is 0 Å². The largest absolute Gasteiger partial charge is 0.492 e. The van der Waals surface area contributed by atoms with Crippen molar-refractivity contribution in [2.75, 3.05) is 6.61 Å². The van der Waals surface area contributed by atoms with Gasteiger partial charge in [0.05, 0.1) is 0 Å². The molecule has 0 bridgehead atoms. The summed E-state index contributed by atoms with van der Waals surface area (Å²) >= 11 is 0. The van der Waals surface area contributed by atoms with Crippen molar-refractivity contribution >= 4 is 10.8 Å². The second-order valence-corrected chi connectivity index (χ2v) is 6.25. The fourth-order valence-electron chi connectivity index (χ4n) is 3.23. The topological polar surface area (TPSA) is 54.1 Å². The van der Waals surface area contributed by atoms with Crippen molar-refractivity contribution < 1.29 is 4.74 Å². The lowest BCUT2D eigenvalue weighted by Gasteiger charge is -2.16. The van der Waals surface area contributed by atoms with Gasteiger partial charge in [0.15, 0.2) is 0 Å². The summed E-state index contributed by atoms with van der Waals surface area (Å²) in [7, 11) is 0. The zero-order valence-corrected chi connectivity index (χ0v) is 13.4. The highest BCUT2D eigenvalue weighted by atomic mass is 16.5. The third kappa shape index (κ3) is 3.05. The van der Waals surface area contributed by atoms with E-state index in [9.17, 15) is 4.79 Å². The molecule has 0 spiro atoms. The molecule has 1 aliphatic rings. The number of aromatic amines is 1. The highest BCUT2D eigenvalue weighted by Crippen LogP contribution is 2.23. The van der Waals surface area contributed by atoms with E-state index < -0.39 is 0 Å². The molecule has 1 atom stereocenters. The Morgan fingerprint density at radius 1 is 1.12 bits per heavy atom. The average Bonchev–Trinajstić information content (AvgIpc) is 2.83. The van der Waals surface area contributed by atoms with Crippen LogP contribution in [0.5, 0.6) is 5.75 Å². The maximum absolute atomic E-state index is 12.1. The molecule has 1 aromatic heterocycles. The normalized spacial score (nSPS) is 17.1. The minimum Gasteiger partial charge on any atom is -0.492 e. The number of H-pyrrole nitrogens is 1. The van der Waals surface area contributed by atoms with E-state index in [2.05, 4.69) is 22.4 Å². The van der Waals surface area contributed by atoms with E-state index in [1.165, 1.54) is 5.56 Å². The highest BCUT2D eigenvalue weighted by Gasteiger charge is 2.16. The van der Waals surface area contributed by atoms with Crippen molar-refractivity contribution in [3.05, 3.63) is 76.2 Å². The van der Waals surface area contributed by atoms with Crippen LogP contribution in [-0.2, 0) is 13.0 Å². The molecule has 1 unspecified atom stereocenters. The van der Waals surface area contributed by atoms with Crippen LogP contribution >= 0.6 is 0 Å². The van der Waals surface area contributed by atoms with Crippen LogP contribution in [0.3, 0.4) is 0 Å². The molecular formula is C20H20N2O2. The van der Waals surface area contributed by atoms with Crippen molar-refractivity contribution in [2.45, 2.75) is 25.4 Å². The maximum atomic E-state index is 12.1. The molecule has 2 heterocycles. The highest BCUT2D eigenvalue weighted by molar-refractivity contribution is 5.81. The summed E-state index contributed by atoms with van der Waals surface area (Å²) < 4.78 is 5.91. The monoisotopic (exact) mass is 320 g/mol. The summed E-state index contributed by atoms with van der Waals surface area (Å²) in [6, 6.07) is 18.2. The van der Waals surface area contributed by atoms with Gasteiger partial charge in [0.25, 0.3) is 5.56 Å². The van der Waals surface area contributed by atoms with E-state index >= 15 is 0 Å². The van der Waals surface area contributed by atoms with Crippen LogP contribution in [0.1, 0.15) is 17.7 Å². The first-order valence-electron chi connectivity index (χ1n) is 8.34. The van der Waals surface area contributed by atoms with E-state index in [0.717, 1.165) is 35.1 Å². The van der Waals surface area contributed by atoms with Crippen LogP contribution in [0.25, 0.3) is 10.8 Å². The molecule has 4 rings (SSSR count). The van der Waals surface area contributed by atoms with Gasteiger partial charge in [0.1, 0.15) is 12.4 Å². The van der Waals surface area contributed by atoms with E-state index in [0.29, 0.717) is 13.2 Å². The second-order valence-electron chi connectivity index (χ2n) is 6.25. The number of aromatic nitrogens is 1. The molecule has 1 aliphatic heterocycles. The van der Waals surface area contributed by atoms with Gasteiger partial charge in [-0.05, 0) is 42.0 Å². The molecule has 24 heavy (non-hydrogen) atoms. The van der Waals surface area contributed by atoms with Gasteiger partial charge in [-0.2, -0.15) is 0 Å². The molecular weight excluding hydrogens is 300 g/mol. The van der Waals surface area contributed by atoms with Gasteiger partial charge in [-0.1, -0.05) is 36.4 Å². The molecule has 0 fully saturated rings. The minimum atomic E-state index is -0.0329. The SMILES string of the molecule is O=c1[nH]c(CNC2CCc3ccccc3OC2)cc2ccccc12. The quantitative estimate of drug-likeness (QED) is 0.780. The third-order valence-electron chi connectivity index (χ3n) is 4.57. The number of benzene rings is 2. The van der Waals surface area contributed by atoms with Crippen molar-refractivity contribution in [3.63, 3.8) is 0 Å². The number of hydrogen-bond donors (Lipinski definition) is 2. The Labute approximate surface area is 140 Å². The van der Waals surface area contributed by atoms with Crippen LogP contribution in [-0.4, -0.2) is 17.6 Å². The number of para-hydroxylation sites is 1. The molecule has 0 aliphatic carbocycles. The smallest absolute Gasteiger partial charge is 0.256 e. The zero-order valence-electron chi connectivity index (χ0n) is 13.4. The number of fused-ring (bicyclic) bond motifs is 2. The molecule has 2 aromatic carbocycles. The average molecular weight is 320 g/mol. The van der Waals surface area contributed by atoms with Crippen molar-refractivity contribution in [1.82, 2.24) is 10.3 Å². The standard InChI is InChI=1S/C20H20N2O2/c23-20-18-7-3-1-6-15(18)11-17(22-20)12-21-16-10-9-14-5-2-4-8-19(14)24-13-16/h1-8,11,16,21H,9-10,12-13H2,(H,22,23). The molecule has 4 nitrogen and oxygen atoms in total. The van der Waals surface area contributed by atoms with E-state index in [-0.39, 0.29) is 11.6 Å². The van der Waals surface area contributed by atoms with Crippen LogP contribution < -0.4 is 15.6 Å². The minimum absolute atomic E-state index is 0.0329. The molecule has 3 aromatic rings. The first kappa shape index (κ1) is 15.0. The Hall–Kier alpha value is -2.59. The Morgan fingerprint density at radius 3 is 2.92 bits per heavy atom. The molecule has 0 saturated carbocycles. The maximum Gasteiger partial charge on any atom is 0.256 e. The summed E-state index contributed by atoms with van der Waals surface area (Å²) in [6.45, 7) is 1.28. The van der Waals surface area contributed by atoms with Crippen LogP contribution in [0.2, 0.25) is 0 Å². The lowest BCUT2D eigenvalue weighted by molar-refractivity contribution is 0.267. The summed E-state index contributed by atoms with van der Waals surface area (Å²) in [4.78, 5) is 15.1. The molecule has 4 heteroatoms. The lowest BCUT2D eigenvalue weighted by Crippen LogP contribution is -2.34. The van der Waals surface area contributed by atoms with Gasteiger partial charge in [-0.15, -0.1) is 0 Å². The first-order chi connectivity index (χ1) is 11.8. The van der Waals surface area contributed by atoms with Crippen molar-refractivity contribution in [3.8, 4) is 5.75 Å². The van der Waals surface area contributed by atoms with Gasteiger partial charge in [0.2, 0.25) is 0 Å². The molecule has 0 radical (unpaired) electrons. The molecule has 0 amide bonds. The van der Waals surface area contributed by atoms with Crippen LogP contribution in [0, 0.1) is 0 Å². The summed E-state index contributed by atoms with van der Waals surface area (Å²) in [5.74, 6) is 0.987. The van der Waals surface area contributed by atoms with E-state index in [1.54, 1.807) is 0 Å². The molecule has 122 valence electrons. The van der Waals surface area contributed by atoms with Crippen LogP contribution in [0.15, 0.2) is 59.4 Å². The number of pyridine rings is 1. The Bertz CT molecular complexity index is 890. The van der Waals surface area contributed by atoms with Crippen molar-refractivity contribution in [2.24, 2.45) is 0 Å². The van der Waals surface area contributed by atoms with E-state index in [4.69, 9.17) is 4.74 Å². The Kier molecular flexibility index (Phi) is 4.05. The summed E-state index contributed by atoms with van der Waals surface area (Å²) in [5.41, 5.74) is 2.13. The molecule has 2 N–H and O–H groups in total. The third-order valence-corrected chi connectivity index (χ3v) is 4.57. The number of aryl methyl sites for hydroxylation is 1. The Morgan fingerprint density at radius 2 is 1.96 bits per heavy atom. The van der Waals surface area contributed by atoms with Gasteiger partial charge in [-0.3, -0.25) is 4.79 Å². The second kappa shape index (κ2) is 6.49. The van der Waals surface area contributed by atoms with Gasteiger partial charge in [0, 0.05) is 23.7 Å². The van der Waals surface area contributed by atoms with Gasteiger partial charge < -0.3 is 15.0 Å². The summed E-state index contributed by atoms with van der Waals surface area (Å²) in [5, 5.41) is 5.22. The Balaban J connectivity index is 1.45. The number of rotatable bonds is 3. The predicted molar refractivity (Wildman–Crippen MR) is 95.5 cm³/mol. The zero-order chi connectivity index (χ0) is 16.4. The molecule has 0 saturated heterocycles. The number of hydrogen-bond acceptors (Lipinski definition) is 3. The fourth-order valence-corrected chi connectivity index (χ4v) is 3.23. The van der Waals surface area contributed by atoms with Crippen molar-refractivity contribution in [1.29, 1.82) is 0 Å².